The van der Waals surface area contributed by atoms with E-state index in [1.165, 1.54) is 0 Å². The van der Waals surface area contributed by atoms with Crippen molar-refractivity contribution in [3.05, 3.63) is 77.6 Å². The van der Waals surface area contributed by atoms with Crippen molar-refractivity contribution in [2.45, 2.75) is 32.5 Å². The van der Waals surface area contributed by atoms with Gasteiger partial charge in [0.25, 0.3) is 0 Å². The molecule has 6 heteroatoms. The maximum absolute atomic E-state index is 13.3. The smallest absolute Gasteiger partial charge is 0.318 e. The number of carbonyl (C=O) groups excluding carboxylic acids is 1. The van der Waals surface area contributed by atoms with Crippen LogP contribution in [-0.4, -0.2) is 35.8 Å². The van der Waals surface area contributed by atoms with Gasteiger partial charge < -0.3 is 24.3 Å². The van der Waals surface area contributed by atoms with Crippen LogP contribution in [-0.2, 0) is 6.54 Å². The Bertz CT molecular complexity index is 1060. The molecule has 6 nitrogen and oxygen atoms in total. The second-order valence-electron chi connectivity index (χ2n) is 7.68. The maximum Gasteiger partial charge on any atom is 0.318 e. The van der Waals surface area contributed by atoms with Crippen LogP contribution in [0.15, 0.2) is 60.8 Å². The van der Waals surface area contributed by atoms with Crippen molar-refractivity contribution in [2.75, 3.05) is 14.2 Å². The van der Waals surface area contributed by atoms with Crippen molar-refractivity contribution in [3.63, 3.8) is 0 Å². The van der Waals surface area contributed by atoms with Gasteiger partial charge in [0.2, 0.25) is 0 Å². The number of aromatic nitrogens is 1. The SMILES string of the molecule is COc1ccc([C@H]2c3cccn3-c3ccccc3CN2C(=O)NC(C)C)cc1OC. The summed E-state index contributed by atoms with van der Waals surface area (Å²) in [6.45, 7) is 4.44. The molecule has 2 heterocycles. The molecule has 0 fully saturated rings. The minimum Gasteiger partial charge on any atom is -0.493 e. The van der Waals surface area contributed by atoms with Gasteiger partial charge in [-0.2, -0.15) is 0 Å². The summed E-state index contributed by atoms with van der Waals surface area (Å²) in [5.41, 5.74) is 4.16. The van der Waals surface area contributed by atoms with E-state index in [0.29, 0.717) is 18.0 Å². The first kappa shape index (κ1) is 19.9. The van der Waals surface area contributed by atoms with Gasteiger partial charge in [-0.25, -0.2) is 4.79 Å². The van der Waals surface area contributed by atoms with Crippen LogP contribution in [0.4, 0.5) is 4.79 Å². The standard InChI is InChI=1S/C24H27N3O3/c1-16(2)25-24(28)27-15-18-8-5-6-9-19(18)26-13-7-10-20(26)23(27)17-11-12-21(29-3)22(14-17)30-4/h5-14,16,23H,15H2,1-4H3,(H,25,28)/t23-/m0/s1. The molecule has 2 amide bonds. The van der Waals surface area contributed by atoms with E-state index in [4.69, 9.17) is 9.47 Å². The molecule has 0 saturated heterocycles. The molecule has 0 saturated carbocycles. The molecule has 0 spiro atoms. The van der Waals surface area contributed by atoms with Gasteiger partial charge in [0, 0.05) is 17.9 Å². The second-order valence-corrected chi connectivity index (χ2v) is 7.68. The zero-order chi connectivity index (χ0) is 21.3. The molecular weight excluding hydrogens is 378 g/mol. The first-order valence-electron chi connectivity index (χ1n) is 10.1. The van der Waals surface area contributed by atoms with Crippen molar-refractivity contribution in [1.82, 2.24) is 14.8 Å². The highest BCUT2D eigenvalue weighted by atomic mass is 16.5. The van der Waals surface area contributed by atoms with Crippen LogP contribution in [0.3, 0.4) is 0 Å². The fourth-order valence-corrected chi connectivity index (χ4v) is 4.04. The summed E-state index contributed by atoms with van der Waals surface area (Å²) in [7, 11) is 3.24. The number of hydrogen-bond acceptors (Lipinski definition) is 3. The van der Waals surface area contributed by atoms with Crippen molar-refractivity contribution in [3.8, 4) is 17.2 Å². The highest BCUT2D eigenvalue weighted by molar-refractivity contribution is 5.76. The lowest BCUT2D eigenvalue weighted by Crippen LogP contribution is -2.44. The van der Waals surface area contributed by atoms with Crippen LogP contribution >= 0.6 is 0 Å². The first-order valence-corrected chi connectivity index (χ1v) is 10.1. The number of fused-ring (bicyclic) bond motifs is 3. The molecular formula is C24H27N3O3. The number of rotatable bonds is 4. The quantitative estimate of drug-likeness (QED) is 0.694. The molecule has 1 N–H and O–H groups in total. The molecule has 1 atom stereocenters. The minimum atomic E-state index is -0.286. The number of ether oxygens (including phenoxy) is 2. The molecule has 1 aliphatic heterocycles. The zero-order valence-corrected chi connectivity index (χ0v) is 17.8. The molecule has 3 aromatic rings. The van der Waals surface area contributed by atoms with Gasteiger partial charge in [0.1, 0.15) is 0 Å². The largest absolute Gasteiger partial charge is 0.493 e. The molecule has 30 heavy (non-hydrogen) atoms. The lowest BCUT2D eigenvalue weighted by atomic mass is 10.0. The summed E-state index contributed by atoms with van der Waals surface area (Å²) < 4.78 is 13.1. The number of amides is 2. The first-order chi connectivity index (χ1) is 14.5. The van der Waals surface area contributed by atoms with E-state index in [0.717, 1.165) is 22.5 Å². The molecule has 2 aromatic carbocycles. The number of para-hydroxylation sites is 1. The molecule has 0 aliphatic carbocycles. The third-order valence-electron chi connectivity index (χ3n) is 5.36. The molecule has 156 valence electrons. The summed E-state index contributed by atoms with van der Waals surface area (Å²) in [4.78, 5) is 15.2. The number of nitrogens with zero attached hydrogens (tertiary/aromatic N) is 2. The molecule has 1 aliphatic rings. The van der Waals surface area contributed by atoms with E-state index in [2.05, 4.69) is 28.1 Å². The van der Waals surface area contributed by atoms with Gasteiger partial charge >= 0.3 is 6.03 Å². The van der Waals surface area contributed by atoms with Crippen LogP contribution in [0.5, 0.6) is 11.5 Å². The van der Waals surface area contributed by atoms with Crippen molar-refractivity contribution in [2.24, 2.45) is 0 Å². The third kappa shape index (κ3) is 3.49. The Morgan fingerprint density at radius 3 is 2.53 bits per heavy atom. The van der Waals surface area contributed by atoms with Crippen LogP contribution in [0.25, 0.3) is 5.69 Å². The Balaban J connectivity index is 1.90. The summed E-state index contributed by atoms with van der Waals surface area (Å²) in [6.07, 6.45) is 2.05. The summed E-state index contributed by atoms with van der Waals surface area (Å²) in [5, 5.41) is 3.07. The molecule has 0 bridgehead atoms. The number of urea groups is 1. The fraction of sp³-hybridized carbons (Fsp3) is 0.292. The average molecular weight is 405 g/mol. The average Bonchev–Trinajstić information content (AvgIpc) is 3.17. The Morgan fingerprint density at radius 2 is 1.80 bits per heavy atom. The van der Waals surface area contributed by atoms with Gasteiger partial charge in [-0.1, -0.05) is 24.3 Å². The number of hydrogen-bond donors (Lipinski definition) is 1. The van der Waals surface area contributed by atoms with Crippen LogP contribution in [0.2, 0.25) is 0 Å². The summed E-state index contributed by atoms with van der Waals surface area (Å²) >= 11 is 0. The Morgan fingerprint density at radius 1 is 1.03 bits per heavy atom. The van der Waals surface area contributed by atoms with Crippen molar-refractivity contribution in [1.29, 1.82) is 0 Å². The molecule has 0 unspecified atom stereocenters. The Labute approximate surface area is 177 Å². The lowest BCUT2D eigenvalue weighted by Gasteiger charge is -2.32. The highest BCUT2D eigenvalue weighted by Crippen LogP contribution is 2.39. The second kappa shape index (κ2) is 8.14. The fourth-order valence-electron chi connectivity index (χ4n) is 4.04. The van der Waals surface area contributed by atoms with E-state index >= 15 is 0 Å². The van der Waals surface area contributed by atoms with Gasteiger partial charge in [0.05, 0.1) is 32.5 Å². The molecule has 4 rings (SSSR count). The number of nitrogens with one attached hydrogen (secondary N) is 1. The lowest BCUT2D eigenvalue weighted by molar-refractivity contribution is 0.178. The van der Waals surface area contributed by atoms with Crippen LogP contribution < -0.4 is 14.8 Å². The predicted molar refractivity (Wildman–Crippen MR) is 116 cm³/mol. The van der Waals surface area contributed by atoms with E-state index < -0.39 is 0 Å². The monoisotopic (exact) mass is 405 g/mol. The van der Waals surface area contributed by atoms with Crippen molar-refractivity contribution >= 4 is 6.03 Å². The van der Waals surface area contributed by atoms with Crippen LogP contribution in [0.1, 0.15) is 36.7 Å². The minimum absolute atomic E-state index is 0.0360. The van der Waals surface area contributed by atoms with E-state index in [9.17, 15) is 4.79 Å². The van der Waals surface area contributed by atoms with Gasteiger partial charge in [-0.05, 0) is 55.3 Å². The Hall–Kier alpha value is -3.41. The molecule has 0 radical (unpaired) electrons. The third-order valence-corrected chi connectivity index (χ3v) is 5.36. The van der Waals surface area contributed by atoms with Gasteiger partial charge in [-0.3, -0.25) is 0 Å². The van der Waals surface area contributed by atoms with Gasteiger partial charge in [0.15, 0.2) is 11.5 Å². The maximum atomic E-state index is 13.3. The van der Waals surface area contributed by atoms with Crippen LogP contribution in [0, 0.1) is 0 Å². The van der Waals surface area contributed by atoms with Crippen molar-refractivity contribution < 1.29 is 14.3 Å². The topological polar surface area (TPSA) is 55.7 Å². The van der Waals surface area contributed by atoms with Gasteiger partial charge in [-0.15, -0.1) is 0 Å². The van der Waals surface area contributed by atoms with E-state index in [1.54, 1.807) is 14.2 Å². The predicted octanol–water partition coefficient (Wildman–Crippen LogP) is 4.52. The number of benzene rings is 2. The summed E-state index contributed by atoms with van der Waals surface area (Å²) in [6, 6.07) is 17.8. The Kier molecular flexibility index (Phi) is 5.40. The molecule has 1 aromatic heterocycles. The van der Waals surface area contributed by atoms with E-state index in [1.807, 2.05) is 61.3 Å². The number of carbonyl (C=O) groups is 1. The van der Waals surface area contributed by atoms with E-state index in [-0.39, 0.29) is 18.1 Å². The summed E-state index contributed by atoms with van der Waals surface area (Å²) in [5.74, 6) is 1.30. The number of methoxy groups -OCH3 is 2. The zero-order valence-electron chi connectivity index (χ0n) is 17.8. The normalized spacial score (nSPS) is 15.2. The highest BCUT2D eigenvalue weighted by Gasteiger charge is 2.33.